The smallest absolute Gasteiger partial charge is 0.251 e. The number of amides is 2. The Morgan fingerprint density at radius 3 is 1.34 bits per heavy atom. The fourth-order valence-electron chi connectivity index (χ4n) is 4.96. The number of hydrogen-bond acceptors (Lipinski definition) is 6. The van der Waals surface area contributed by atoms with E-state index in [1.807, 2.05) is 6.92 Å². The second-order valence-corrected chi connectivity index (χ2v) is 12.8. The monoisotopic (exact) mass is 838 g/mol. The van der Waals surface area contributed by atoms with E-state index in [1.165, 1.54) is 48.5 Å². The first-order chi connectivity index (χ1) is 27.2. The van der Waals surface area contributed by atoms with Crippen molar-refractivity contribution in [1.82, 2.24) is 10.6 Å². The SMILES string of the molecule is C.CCCCC[C@H](NC(=O)c1ccc(F)cc1)C(=O)CCl.CCCCC[C@H](NC(=O)c1ccc(F)cc1)C(=O)COc1c(F)cccc1F.Oc1c(F)cccc1F. The summed E-state index contributed by atoms with van der Waals surface area (Å²) in [6, 6.07) is 15.1. The van der Waals surface area contributed by atoms with Crippen molar-refractivity contribution in [2.45, 2.75) is 84.7 Å². The highest BCUT2D eigenvalue weighted by Crippen LogP contribution is 2.21. The number of unbranched alkanes of at least 4 members (excludes halogenated alkanes) is 4. The van der Waals surface area contributed by atoms with Crippen LogP contribution in [0, 0.1) is 34.9 Å². The number of phenolic OH excluding ortho intramolecular Hbond substituents is 1. The topological polar surface area (TPSA) is 122 Å². The first-order valence-corrected chi connectivity index (χ1v) is 18.7. The molecule has 0 bridgehead atoms. The van der Waals surface area contributed by atoms with Crippen molar-refractivity contribution in [3.8, 4) is 11.5 Å². The number of phenols is 1. The second-order valence-electron chi connectivity index (χ2n) is 12.5. The molecule has 0 aromatic heterocycles. The number of benzene rings is 4. The number of para-hydroxylation sites is 2. The van der Waals surface area contributed by atoms with Gasteiger partial charge < -0.3 is 20.5 Å². The normalized spacial score (nSPS) is 11.3. The molecule has 0 spiro atoms. The van der Waals surface area contributed by atoms with Crippen molar-refractivity contribution in [1.29, 1.82) is 0 Å². The summed E-state index contributed by atoms with van der Waals surface area (Å²) in [5.41, 5.74) is 0.532. The molecule has 4 aromatic carbocycles. The molecule has 0 aliphatic heterocycles. The van der Waals surface area contributed by atoms with E-state index in [1.54, 1.807) is 0 Å². The van der Waals surface area contributed by atoms with E-state index in [-0.39, 0.29) is 30.6 Å². The number of halogens is 7. The Hall–Kier alpha value is -5.37. The minimum atomic E-state index is -0.935. The third kappa shape index (κ3) is 17.8. The molecule has 0 saturated carbocycles. The van der Waals surface area contributed by atoms with Gasteiger partial charge in [0, 0.05) is 11.1 Å². The van der Waals surface area contributed by atoms with Crippen LogP contribution >= 0.6 is 11.6 Å². The van der Waals surface area contributed by atoms with Crippen LogP contribution in [0.2, 0.25) is 0 Å². The van der Waals surface area contributed by atoms with Crippen molar-refractivity contribution < 1.29 is 55.4 Å². The van der Waals surface area contributed by atoms with Crippen LogP contribution in [0.1, 0.15) is 93.4 Å². The zero-order chi connectivity index (χ0) is 42.3. The maximum absolute atomic E-state index is 13.6. The van der Waals surface area contributed by atoms with Crippen molar-refractivity contribution in [2.75, 3.05) is 12.5 Å². The molecule has 8 nitrogen and oxygen atoms in total. The number of carbonyl (C=O) groups excluding carboxylic acids is 4. The maximum atomic E-state index is 13.6. The number of aromatic hydroxyl groups is 1. The zero-order valence-corrected chi connectivity index (χ0v) is 32.2. The number of carbonyl (C=O) groups is 4. The third-order valence-corrected chi connectivity index (χ3v) is 8.40. The van der Waals surface area contributed by atoms with Crippen molar-refractivity contribution in [3.63, 3.8) is 0 Å². The number of ketones is 2. The Kier molecular flexibility index (Phi) is 23.8. The summed E-state index contributed by atoms with van der Waals surface area (Å²) in [6.45, 7) is 3.48. The lowest BCUT2D eigenvalue weighted by molar-refractivity contribution is -0.123. The summed E-state index contributed by atoms with van der Waals surface area (Å²) < 4.78 is 82.3. The van der Waals surface area contributed by atoms with Gasteiger partial charge in [-0.1, -0.05) is 71.9 Å². The van der Waals surface area contributed by atoms with Gasteiger partial charge in [0.05, 0.1) is 18.0 Å². The molecule has 4 aromatic rings. The van der Waals surface area contributed by atoms with Gasteiger partial charge in [-0.25, -0.2) is 26.3 Å². The standard InChI is InChI=1S/C21H22F3NO3.C15H19ClFNO2.C6H4F2O.CH4/c1-2-3-4-8-18(25-21(27)14-9-11-15(22)12-10-14)19(26)13-28-20-16(23)6-5-7-17(20)24;1-2-3-4-5-13(14(19)10-16)18-15(20)11-6-8-12(17)9-7-11;7-4-2-1-3-5(8)6(4)9;/h5-7,9-12,18H,2-4,8,13H2,1H3,(H,25,27);6-9,13H,2-5,10H2,1H3,(H,18,20);1-3,9H;1H4/t18-;13-;;/m00../s1. The molecule has 0 saturated heterocycles. The van der Waals surface area contributed by atoms with Gasteiger partial charge >= 0.3 is 0 Å². The van der Waals surface area contributed by atoms with E-state index >= 15 is 0 Å². The van der Waals surface area contributed by atoms with Crippen molar-refractivity contribution in [3.05, 3.63) is 131 Å². The molecule has 0 heterocycles. The number of alkyl halides is 1. The molecule has 0 radical (unpaired) electrons. The second kappa shape index (κ2) is 27.3. The van der Waals surface area contributed by atoms with Gasteiger partial charge in [0.25, 0.3) is 11.8 Å². The van der Waals surface area contributed by atoms with Crippen LogP contribution in [-0.4, -0.2) is 53.1 Å². The van der Waals surface area contributed by atoms with Gasteiger partial charge in [0.2, 0.25) is 0 Å². The van der Waals surface area contributed by atoms with Crippen LogP contribution in [0.4, 0.5) is 26.3 Å². The molecular weight excluding hydrogens is 790 g/mol. The highest BCUT2D eigenvalue weighted by Gasteiger charge is 2.23. The molecule has 4 rings (SSSR count). The minimum absolute atomic E-state index is 0. The molecule has 2 amide bonds. The van der Waals surface area contributed by atoms with Crippen LogP contribution in [0.3, 0.4) is 0 Å². The van der Waals surface area contributed by atoms with E-state index in [2.05, 4.69) is 17.6 Å². The average molecular weight is 839 g/mol. The summed E-state index contributed by atoms with van der Waals surface area (Å²) >= 11 is 5.56. The molecule has 15 heteroatoms. The lowest BCUT2D eigenvalue weighted by Crippen LogP contribution is -2.43. The van der Waals surface area contributed by atoms with Crippen LogP contribution in [-0.2, 0) is 9.59 Å². The quantitative estimate of drug-likeness (QED) is 0.0521. The number of hydrogen-bond donors (Lipinski definition) is 3. The molecule has 2 atom stereocenters. The van der Waals surface area contributed by atoms with E-state index in [9.17, 15) is 45.5 Å². The van der Waals surface area contributed by atoms with E-state index < -0.39 is 76.8 Å². The Labute approximate surface area is 340 Å². The van der Waals surface area contributed by atoms with Gasteiger partial charge in [-0.05, 0) is 85.6 Å². The van der Waals surface area contributed by atoms with Gasteiger partial charge in [-0.2, -0.15) is 0 Å². The summed E-state index contributed by atoms with van der Waals surface area (Å²) in [5, 5.41) is 13.7. The number of nitrogens with one attached hydrogen (secondary N) is 2. The summed E-state index contributed by atoms with van der Waals surface area (Å²) in [4.78, 5) is 48.6. The fourth-order valence-corrected chi connectivity index (χ4v) is 5.14. The van der Waals surface area contributed by atoms with Crippen molar-refractivity contribution >= 4 is 35.0 Å². The van der Waals surface area contributed by atoms with Crippen molar-refractivity contribution in [2.24, 2.45) is 0 Å². The number of Topliss-reactive ketones (excluding diaryl/α,β-unsaturated/α-hetero) is 2. The Morgan fingerprint density at radius 2 is 0.983 bits per heavy atom. The van der Waals surface area contributed by atoms with Crippen LogP contribution in [0.5, 0.6) is 11.5 Å². The van der Waals surface area contributed by atoms with E-state index in [0.717, 1.165) is 68.5 Å². The third-order valence-electron chi connectivity index (χ3n) is 8.14. The molecule has 0 fully saturated rings. The maximum Gasteiger partial charge on any atom is 0.251 e. The molecule has 0 unspecified atom stereocenters. The number of ether oxygens (including phenoxy) is 1. The molecule has 0 aliphatic rings. The first kappa shape index (κ1) is 50.6. The first-order valence-electron chi connectivity index (χ1n) is 18.2. The number of rotatable bonds is 18. The van der Waals surface area contributed by atoms with Crippen LogP contribution in [0.25, 0.3) is 0 Å². The highest BCUT2D eigenvalue weighted by molar-refractivity contribution is 6.28. The Morgan fingerprint density at radius 1 is 0.603 bits per heavy atom. The van der Waals surface area contributed by atoms with Crippen LogP contribution in [0.15, 0.2) is 84.9 Å². The van der Waals surface area contributed by atoms with Gasteiger partial charge in [0.15, 0.2) is 46.3 Å². The minimum Gasteiger partial charge on any atom is -0.503 e. The predicted octanol–water partition coefficient (Wildman–Crippen LogP) is 10.0. The average Bonchev–Trinajstić information content (AvgIpc) is 3.19. The van der Waals surface area contributed by atoms with Gasteiger partial charge in [0.1, 0.15) is 18.2 Å². The molecule has 3 N–H and O–H groups in total. The van der Waals surface area contributed by atoms with Gasteiger partial charge in [-0.3, -0.25) is 19.2 Å². The molecule has 0 aliphatic carbocycles. The Bertz CT molecular complexity index is 1840. The van der Waals surface area contributed by atoms with E-state index in [4.69, 9.17) is 21.4 Å². The predicted molar refractivity (Wildman–Crippen MR) is 211 cm³/mol. The fraction of sp³-hybridized carbons (Fsp3) is 0.349. The lowest BCUT2D eigenvalue weighted by Gasteiger charge is -2.18. The van der Waals surface area contributed by atoms with E-state index in [0.29, 0.717) is 24.8 Å². The Balaban J connectivity index is 0.000000486. The highest BCUT2D eigenvalue weighted by atomic mass is 35.5. The van der Waals surface area contributed by atoms with Crippen LogP contribution < -0.4 is 15.4 Å². The summed E-state index contributed by atoms with van der Waals surface area (Å²) in [5.74, 6) is -7.87. The lowest BCUT2D eigenvalue weighted by atomic mass is 10.0. The summed E-state index contributed by atoms with van der Waals surface area (Å²) in [6.07, 6.45) is 6.29. The molecule has 58 heavy (non-hydrogen) atoms. The molecular formula is C43H49ClF6N2O6. The molecule has 316 valence electrons. The summed E-state index contributed by atoms with van der Waals surface area (Å²) in [7, 11) is 0. The van der Waals surface area contributed by atoms with Gasteiger partial charge in [-0.15, -0.1) is 11.6 Å². The zero-order valence-electron chi connectivity index (χ0n) is 31.4. The largest absolute Gasteiger partial charge is 0.503 e.